The third-order valence-electron chi connectivity index (χ3n) is 3.31. The first-order valence-electron chi connectivity index (χ1n) is 6.69. The number of fused-ring (bicyclic) bond motifs is 1. The van der Waals surface area contributed by atoms with E-state index in [1.165, 1.54) is 23.6 Å². The molecule has 1 N–H and O–H groups in total. The van der Waals surface area contributed by atoms with E-state index in [1.54, 1.807) is 12.3 Å². The molecular weight excluding hydrogens is 375 g/mol. The molecule has 1 aromatic carbocycles. The Morgan fingerprint density at radius 1 is 1.17 bits per heavy atom. The standard InChI is InChI=1S/C14H12Cl2N4O3S/c1-8-5-6-20-11(7-8)17-18-14(20)19-24(21,22)10-4-3-9(23-2)12(15)13(10)16/h3-7H,1-2H3,(H,18,19). The van der Waals surface area contributed by atoms with Gasteiger partial charge in [-0.2, -0.15) is 0 Å². The van der Waals surface area contributed by atoms with Crippen LogP contribution in [0.1, 0.15) is 5.56 Å². The number of pyridine rings is 1. The second-order valence-corrected chi connectivity index (χ2v) is 7.36. The van der Waals surface area contributed by atoms with Gasteiger partial charge in [-0.3, -0.25) is 4.40 Å². The number of anilines is 1. The Morgan fingerprint density at radius 2 is 1.92 bits per heavy atom. The number of hydrogen-bond donors (Lipinski definition) is 1. The molecule has 0 aliphatic rings. The zero-order chi connectivity index (χ0) is 17.5. The molecule has 10 heteroatoms. The van der Waals surface area contributed by atoms with E-state index in [9.17, 15) is 8.42 Å². The molecule has 0 saturated carbocycles. The minimum atomic E-state index is -4.01. The molecule has 24 heavy (non-hydrogen) atoms. The van der Waals surface area contributed by atoms with Gasteiger partial charge >= 0.3 is 0 Å². The van der Waals surface area contributed by atoms with Crippen molar-refractivity contribution < 1.29 is 13.2 Å². The molecule has 0 amide bonds. The Labute approximate surface area is 148 Å². The molecule has 0 saturated heterocycles. The van der Waals surface area contributed by atoms with Crippen molar-refractivity contribution in [1.82, 2.24) is 14.6 Å². The van der Waals surface area contributed by atoms with Gasteiger partial charge in [0.2, 0.25) is 5.95 Å². The molecule has 126 valence electrons. The summed E-state index contributed by atoms with van der Waals surface area (Å²) in [6.07, 6.45) is 1.67. The Balaban J connectivity index is 2.04. The number of nitrogens with zero attached hydrogens (tertiary/aromatic N) is 3. The maximum atomic E-state index is 12.6. The number of sulfonamides is 1. The predicted octanol–water partition coefficient (Wildman–Crippen LogP) is 3.15. The van der Waals surface area contributed by atoms with Gasteiger partial charge in [-0.25, -0.2) is 13.1 Å². The number of aromatic nitrogens is 3. The van der Waals surface area contributed by atoms with Crippen LogP contribution in [0.2, 0.25) is 10.0 Å². The molecule has 0 atom stereocenters. The average molecular weight is 387 g/mol. The van der Waals surface area contributed by atoms with Crippen molar-refractivity contribution in [1.29, 1.82) is 0 Å². The highest BCUT2D eigenvalue weighted by Crippen LogP contribution is 2.37. The molecule has 3 rings (SSSR count). The van der Waals surface area contributed by atoms with Crippen molar-refractivity contribution in [2.75, 3.05) is 11.8 Å². The van der Waals surface area contributed by atoms with Gasteiger partial charge in [-0.05, 0) is 36.8 Å². The summed E-state index contributed by atoms with van der Waals surface area (Å²) in [4.78, 5) is -0.182. The van der Waals surface area contributed by atoms with Gasteiger partial charge in [0.25, 0.3) is 10.0 Å². The van der Waals surface area contributed by atoms with Gasteiger partial charge < -0.3 is 4.74 Å². The molecule has 0 aliphatic carbocycles. The number of halogens is 2. The van der Waals surface area contributed by atoms with Gasteiger partial charge in [-0.15, -0.1) is 10.2 Å². The first kappa shape index (κ1) is 16.8. The number of nitrogens with one attached hydrogen (secondary N) is 1. The van der Waals surface area contributed by atoms with Crippen LogP contribution < -0.4 is 9.46 Å². The van der Waals surface area contributed by atoms with E-state index < -0.39 is 10.0 Å². The third-order valence-corrected chi connectivity index (χ3v) is 5.66. The maximum absolute atomic E-state index is 12.6. The van der Waals surface area contributed by atoms with Gasteiger partial charge in [0.1, 0.15) is 15.7 Å². The summed E-state index contributed by atoms with van der Waals surface area (Å²) in [6.45, 7) is 1.90. The topological polar surface area (TPSA) is 85.6 Å². The average Bonchev–Trinajstić information content (AvgIpc) is 2.91. The quantitative estimate of drug-likeness (QED) is 0.743. The van der Waals surface area contributed by atoms with E-state index >= 15 is 0 Å². The number of methoxy groups -OCH3 is 1. The molecule has 2 aromatic heterocycles. The third kappa shape index (κ3) is 2.88. The zero-order valence-electron chi connectivity index (χ0n) is 12.6. The lowest BCUT2D eigenvalue weighted by Crippen LogP contribution is -2.15. The molecule has 0 spiro atoms. The smallest absolute Gasteiger partial charge is 0.265 e. The molecule has 0 aliphatic heterocycles. The van der Waals surface area contributed by atoms with Crippen LogP contribution in [0.5, 0.6) is 5.75 Å². The van der Waals surface area contributed by atoms with Crippen molar-refractivity contribution in [3.8, 4) is 5.75 Å². The summed E-state index contributed by atoms with van der Waals surface area (Å²) in [7, 11) is -2.60. The molecule has 0 bridgehead atoms. The van der Waals surface area contributed by atoms with Gasteiger partial charge in [-0.1, -0.05) is 23.2 Å². The minimum absolute atomic E-state index is 0.0174. The van der Waals surface area contributed by atoms with Crippen molar-refractivity contribution in [3.63, 3.8) is 0 Å². The van der Waals surface area contributed by atoms with Gasteiger partial charge in [0.15, 0.2) is 5.65 Å². The van der Waals surface area contributed by atoms with Crippen molar-refractivity contribution in [3.05, 3.63) is 46.1 Å². The van der Waals surface area contributed by atoms with E-state index in [0.717, 1.165) is 5.56 Å². The monoisotopic (exact) mass is 386 g/mol. The fraction of sp³-hybridized carbons (Fsp3) is 0.143. The Hall–Kier alpha value is -2.03. The Morgan fingerprint density at radius 3 is 2.62 bits per heavy atom. The summed E-state index contributed by atoms with van der Waals surface area (Å²) in [5.41, 5.74) is 1.50. The summed E-state index contributed by atoms with van der Waals surface area (Å²) in [5, 5.41) is 7.67. The van der Waals surface area contributed by atoms with Crippen molar-refractivity contribution in [2.45, 2.75) is 11.8 Å². The normalized spacial score (nSPS) is 11.7. The lowest BCUT2D eigenvalue weighted by molar-refractivity contribution is 0.414. The van der Waals surface area contributed by atoms with Crippen LogP contribution in [0.4, 0.5) is 5.95 Å². The molecule has 2 heterocycles. The number of benzene rings is 1. The van der Waals surface area contributed by atoms with Crippen molar-refractivity contribution in [2.24, 2.45) is 0 Å². The van der Waals surface area contributed by atoms with E-state index in [4.69, 9.17) is 27.9 Å². The highest BCUT2D eigenvalue weighted by Gasteiger charge is 2.23. The Bertz CT molecular complexity index is 1030. The molecule has 0 radical (unpaired) electrons. The fourth-order valence-electron chi connectivity index (χ4n) is 2.12. The predicted molar refractivity (Wildman–Crippen MR) is 91.5 cm³/mol. The van der Waals surface area contributed by atoms with Crippen LogP contribution >= 0.6 is 23.2 Å². The maximum Gasteiger partial charge on any atom is 0.265 e. The number of ether oxygens (including phenoxy) is 1. The van der Waals surface area contributed by atoms with Gasteiger partial charge in [0, 0.05) is 6.20 Å². The minimum Gasteiger partial charge on any atom is -0.495 e. The highest BCUT2D eigenvalue weighted by molar-refractivity contribution is 7.92. The molecule has 0 fully saturated rings. The zero-order valence-corrected chi connectivity index (χ0v) is 14.9. The van der Waals surface area contributed by atoms with E-state index in [0.29, 0.717) is 5.65 Å². The van der Waals surface area contributed by atoms with Gasteiger partial charge in [0.05, 0.1) is 12.1 Å². The molecule has 0 unspecified atom stereocenters. The lowest BCUT2D eigenvalue weighted by Gasteiger charge is -2.11. The molecule has 3 aromatic rings. The number of hydrogen-bond acceptors (Lipinski definition) is 5. The first-order valence-corrected chi connectivity index (χ1v) is 8.93. The largest absolute Gasteiger partial charge is 0.495 e. The summed E-state index contributed by atoms with van der Waals surface area (Å²) < 4.78 is 34.1. The van der Waals surface area contributed by atoms with E-state index in [2.05, 4.69) is 14.9 Å². The first-order chi connectivity index (χ1) is 11.3. The SMILES string of the molecule is COc1ccc(S(=O)(=O)Nc2nnc3cc(C)ccn23)c(Cl)c1Cl. The lowest BCUT2D eigenvalue weighted by atomic mass is 10.3. The van der Waals surface area contributed by atoms with Crippen LogP contribution in [0.15, 0.2) is 35.4 Å². The summed E-state index contributed by atoms with van der Waals surface area (Å²) in [6, 6.07) is 6.32. The Kier molecular flexibility index (Phi) is 4.29. The van der Waals surface area contributed by atoms with Crippen LogP contribution in [0, 0.1) is 6.92 Å². The van der Waals surface area contributed by atoms with E-state index in [1.807, 2.05) is 13.0 Å². The second-order valence-electron chi connectivity index (χ2n) is 4.96. The van der Waals surface area contributed by atoms with Crippen molar-refractivity contribution >= 4 is 44.8 Å². The van der Waals surface area contributed by atoms with Crippen LogP contribution in [-0.4, -0.2) is 30.1 Å². The summed E-state index contributed by atoms with van der Waals surface area (Å²) >= 11 is 12.1. The summed E-state index contributed by atoms with van der Waals surface area (Å²) in [5.74, 6) is 0.331. The fourth-order valence-corrected chi connectivity index (χ4v) is 3.95. The van der Waals surface area contributed by atoms with E-state index in [-0.39, 0.29) is 26.6 Å². The highest BCUT2D eigenvalue weighted by atomic mass is 35.5. The van der Waals surface area contributed by atoms with Crippen LogP contribution in [-0.2, 0) is 10.0 Å². The van der Waals surface area contributed by atoms with Crippen LogP contribution in [0.3, 0.4) is 0 Å². The molecule has 7 nitrogen and oxygen atoms in total. The van der Waals surface area contributed by atoms with Crippen LogP contribution in [0.25, 0.3) is 5.65 Å². The number of rotatable bonds is 4. The molecular formula is C14H12Cl2N4O3S. The second kappa shape index (κ2) is 6.12. The number of aryl methyl sites for hydroxylation is 1.